The average molecular weight is 380 g/mol. The first-order chi connectivity index (χ1) is 12.2. The fraction of sp³-hybridized carbons (Fsp3) is 0.350. The van der Waals surface area contributed by atoms with E-state index in [-0.39, 0.29) is 24.3 Å². The minimum Gasteiger partial charge on any atom is -1.00 e. The Labute approximate surface area is 161 Å². The van der Waals surface area contributed by atoms with Gasteiger partial charge in [-0.2, -0.15) is 0 Å². The molecule has 0 spiro atoms. The molecule has 2 N–H and O–H groups in total. The first-order valence-electron chi connectivity index (χ1n) is 8.34. The van der Waals surface area contributed by atoms with Gasteiger partial charge in [0.25, 0.3) is 0 Å². The van der Waals surface area contributed by atoms with E-state index in [1.54, 1.807) is 39.5 Å². The number of carbonyl (C=O) groups is 1. The first kappa shape index (κ1) is 22.0. The Kier molecular flexibility index (Phi) is 9.73. The van der Waals surface area contributed by atoms with E-state index in [1.165, 1.54) is 0 Å². The molecular formula is C20H26ClNO4. The second-order valence-electron chi connectivity index (χ2n) is 5.69. The molecule has 142 valence electrons. The van der Waals surface area contributed by atoms with E-state index < -0.39 is 0 Å². The van der Waals surface area contributed by atoms with Crippen molar-refractivity contribution in [2.24, 2.45) is 0 Å². The molecule has 1 unspecified atom stereocenters. The minimum absolute atomic E-state index is 0. The summed E-state index contributed by atoms with van der Waals surface area (Å²) in [6.45, 7) is 1.49. The van der Waals surface area contributed by atoms with Gasteiger partial charge in [0.05, 0.1) is 27.2 Å². The highest BCUT2D eigenvalue weighted by Crippen LogP contribution is 2.27. The van der Waals surface area contributed by atoms with Crippen LogP contribution in [0.25, 0.3) is 0 Å². The number of nitrogens with two attached hydrogens (primary N) is 1. The lowest BCUT2D eigenvalue weighted by molar-refractivity contribution is -0.661. The lowest BCUT2D eigenvalue weighted by Crippen LogP contribution is -3.00. The Morgan fingerprint density at radius 1 is 1.00 bits per heavy atom. The third-order valence-corrected chi connectivity index (χ3v) is 4.12. The Bertz CT molecular complexity index is 679. The van der Waals surface area contributed by atoms with Crippen molar-refractivity contribution in [3.05, 3.63) is 59.7 Å². The van der Waals surface area contributed by atoms with Gasteiger partial charge in [0.2, 0.25) is 0 Å². The second-order valence-corrected chi connectivity index (χ2v) is 5.69. The molecule has 0 radical (unpaired) electrons. The summed E-state index contributed by atoms with van der Waals surface area (Å²) >= 11 is 0. The summed E-state index contributed by atoms with van der Waals surface area (Å²) in [5.41, 5.74) is 1.78. The van der Waals surface area contributed by atoms with Crippen LogP contribution in [0.1, 0.15) is 28.4 Å². The van der Waals surface area contributed by atoms with Crippen molar-refractivity contribution in [3.8, 4) is 11.5 Å². The predicted octanol–water partition coefficient (Wildman–Crippen LogP) is -0.768. The van der Waals surface area contributed by atoms with Gasteiger partial charge < -0.3 is 31.9 Å². The summed E-state index contributed by atoms with van der Waals surface area (Å²) in [5.74, 6) is 1.28. The van der Waals surface area contributed by atoms with Crippen LogP contribution >= 0.6 is 0 Å². The van der Waals surface area contributed by atoms with E-state index in [2.05, 4.69) is 17.4 Å². The van der Waals surface area contributed by atoms with Crippen molar-refractivity contribution >= 4 is 5.78 Å². The Balaban J connectivity index is 0.00000338. The molecule has 0 bridgehead atoms. The molecule has 1 atom stereocenters. The number of methoxy groups -OCH3 is 3. The topological polar surface area (TPSA) is 61.4 Å². The van der Waals surface area contributed by atoms with Crippen LogP contribution in [0.3, 0.4) is 0 Å². The number of ether oxygens (including phenoxy) is 3. The van der Waals surface area contributed by atoms with Gasteiger partial charge in [-0.1, -0.05) is 30.3 Å². The van der Waals surface area contributed by atoms with E-state index in [9.17, 15) is 4.79 Å². The summed E-state index contributed by atoms with van der Waals surface area (Å²) < 4.78 is 16.0. The highest BCUT2D eigenvalue weighted by atomic mass is 35.5. The van der Waals surface area contributed by atoms with Crippen molar-refractivity contribution < 1.29 is 36.7 Å². The summed E-state index contributed by atoms with van der Waals surface area (Å²) in [7, 11) is 4.85. The molecule has 0 amide bonds. The van der Waals surface area contributed by atoms with Gasteiger partial charge in [-0.05, 0) is 23.8 Å². The van der Waals surface area contributed by atoms with E-state index >= 15 is 0 Å². The molecule has 0 saturated heterocycles. The zero-order chi connectivity index (χ0) is 18.1. The number of rotatable bonds is 10. The van der Waals surface area contributed by atoms with Crippen LogP contribution in [-0.4, -0.2) is 40.2 Å². The number of quaternary nitrogens is 1. The van der Waals surface area contributed by atoms with Crippen LogP contribution in [0.2, 0.25) is 0 Å². The monoisotopic (exact) mass is 379 g/mol. The fourth-order valence-electron chi connectivity index (χ4n) is 2.69. The molecule has 26 heavy (non-hydrogen) atoms. The van der Waals surface area contributed by atoms with Gasteiger partial charge in [-0.25, -0.2) is 0 Å². The molecule has 0 fully saturated rings. The van der Waals surface area contributed by atoms with Gasteiger partial charge in [0.1, 0.15) is 12.6 Å². The largest absolute Gasteiger partial charge is 1.00 e. The lowest BCUT2D eigenvalue weighted by atomic mass is 10.1. The maximum atomic E-state index is 12.3. The van der Waals surface area contributed by atoms with Gasteiger partial charge in [0, 0.05) is 12.7 Å². The number of halogens is 1. The standard InChI is InChI=1S/C20H25NO4.ClH/c1-23-18-10-9-16(13-19(18)24-2)17(22)11-12-21-14-20(25-3)15-7-5-4-6-8-15;/h4-10,13,20-21H,11-12,14H2,1-3H3;1H. The third kappa shape index (κ3) is 6.02. The number of hydrogen-bond acceptors (Lipinski definition) is 4. The van der Waals surface area contributed by atoms with Crippen molar-refractivity contribution in [1.29, 1.82) is 0 Å². The summed E-state index contributed by atoms with van der Waals surface area (Å²) in [6, 6.07) is 15.3. The molecule has 2 rings (SSSR count). The number of hydrogen-bond donors (Lipinski definition) is 1. The van der Waals surface area contributed by atoms with Crippen molar-refractivity contribution in [2.75, 3.05) is 34.4 Å². The van der Waals surface area contributed by atoms with Crippen molar-refractivity contribution in [1.82, 2.24) is 0 Å². The highest BCUT2D eigenvalue weighted by Gasteiger charge is 2.14. The van der Waals surface area contributed by atoms with Crippen LogP contribution in [0, 0.1) is 0 Å². The van der Waals surface area contributed by atoms with Crippen LogP contribution in [-0.2, 0) is 4.74 Å². The number of benzene rings is 2. The van der Waals surface area contributed by atoms with Gasteiger partial charge in [0.15, 0.2) is 17.3 Å². The maximum absolute atomic E-state index is 12.3. The van der Waals surface area contributed by atoms with Crippen LogP contribution < -0.4 is 27.2 Å². The highest BCUT2D eigenvalue weighted by molar-refractivity contribution is 5.96. The first-order valence-corrected chi connectivity index (χ1v) is 8.34. The molecule has 0 aromatic heterocycles. The fourth-order valence-corrected chi connectivity index (χ4v) is 2.69. The number of Topliss-reactive ketones (excluding diaryl/α,β-unsaturated/α-hetero) is 1. The molecule has 2 aromatic rings. The molecule has 0 aliphatic rings. The van der Waals surface area contributed by atoms with E-state index in [0.717, 1.165) is 12.1 Å². The normalized spacial score (nSPS) is 11.3. The van der Waals surface area contributed by atoms with Gasteiger partial charge >= 0.3 is 0 Å². The zero-order valence-corrected chi connectivity index (χ0v) is 16.2. The minimum atomic E-state index is 0. The predicted molar refractivity (Wildman–Crippen MR) is 96.3 cm³/mol. The van der Waals surface area contributed by atoms with Gasteiger partial charge in [-0.3, -0.25) is 4.79 Å². The van der Waals surface area contributed by atoms with E-state index in [0.29, 0.717) is 30.0 Å². The van der Waals surface area contributed by atoms with E-state index in [1.807, 2.05) is 18.2 Å². The summed E-state index contributed by atoms with van der Waals surface area (Å²) in [5, 5.41) is 2.11. The molecule has 2 aromatic carbocycles. The van der Waals surface area contributed by atoms with Crippen molar-refractivity contribution in [3.63, 3.8) is 0 Å². The smallest absolute Gasteiger partial charge is 0.168 e. The third-order valence-electron chi connectivity index (χ3n) is 4.12. The molecular weight excluding hydrogens is 354 g/mol. The zero-order valence-electron chi connectivity index (χ0n) is 15.4. The lowest BCUT2D eigenvalue weighted by Gasteiger charge is -2.14. The molecule has 0 heterocycles. The van der Waals surface area contributed by atoms with Crippen molar-refractivity contribution in [2.45, 2.75) is 12.5 Å². The molecule has 0 aliphatic heterocycles. The van der Waals surface area contributed by atoms with Crippen LogP contribution in [0.15, 0.2) is 48.5 Å². The van der Waals surface area contributed by atoms with Crippen LogP contribution in [0.4, 0.5) is 0 Å². The number of carbonyl (C=O) groups excluding carboxylic acids is 1. The van der Waals surface area contributed by atoms with Crippen LogP contribution in [0.5, 0.6) is 11.5 Å². The second kappa shape index (κ2) is 11.5. The van der Waals surface area contributed by atoms with Gasteiger partial charge in [-0.15, -0.1) is 0 Å². The van der Waals surface area contributed by atoms with E-state index in [4.69, 9.17) is 14.2 Å². The quantitative estimate of drug-likeness (QED) is 0.435. The molecule has 0 saturated carbocycles. The summed E-state index contributed by atoms with van der Waals surface area (Å²) in [4.78, 5) is 12.3. The Morgan fingerprint density at radius 3 is 2.31 bits per heavy atom. The number of ketones is 1. The SMILES string of the molecule is COc1ccc(C(=O)CC[NH2+]CC(OC)c2ccccc2)cc1OC.[Cl-]. The summed E-state index contributed by atoms with van der Waals surface area (Å²) in [6.07, 6.45) is 0.484. The Hall–Kier alpha value is -2.08. The molecule has 0 aliphatic carbocycles. The molecule has 5 nitrogen and oxygen atoms in total. The maximum Gasteiger partial charge on any atom is 0.168 e. The average Bonchev–Trinajstić information content (AvgIpc) is 2.67. The molecule has 6 heteroatoms. The Morgan fingerprint density at radius 2 is 1.69 bits per heavy atom.